The molecule has 1 amide bonds. The van der Waals surface area contributed by atoms with Gasteiger partial charge in [0.05, 0.1) is 31.2 Å². The maximum atomic E-state index is 12.1. The number of aryl methyl sites for hydroxylation is 1. The van der Waals surface area contributed by atoms with Crippen LogP contribution in [0.5, 0.6) is 5.75 Å². The smallest absolute Gasteiger partial charge is 0.243 e. The number of pyridine rings is 1. The number of ether oxygens (including phenoxy) is 2. The molecule has 8 nitrogen and oxygen atoms in total. The quantitative estimate of drug-likeness (QED) is 0.855. The SMILES string of the molecule is Cc1ccc(O[C@H]2COCC[C@H]2NC(=O)Cn2nccn2)cn1. The summed E-state index contributed by atoms with van der Waals surface area (Å²) in [6.45, 7) is 3.03. The summed E-state index contributed by atoms with van der Waals surface area (Å²) in [6.07, 6.45) is 5.21. The van der Waals surface area contributed by atoms with Crippen molar-refractivity contribution in [1.82, 2.24) is 25.3 Å². The van der Waals surface area contributed by atoms with Crippen LogP contribution in [0.2, 0.25) is 0 Å². The third kappa shape index (κ3) is 4.26. The summed E-state index contributed by atoms with van der Waals surface area (Å²) in [5.74, 6) is 0.517. The first-order valence-corrected chi connectivity index (χ1v) is 7.51. The molecule has 0 unspecified atom stereocenters. The van der Waals surface area contributed by atoms with Crippen LogP contribution in [0.1, 0.15) is 12.1 Å². The molecule has 1 N–H and O–H groups in total. The van der Waals surface area contributed by atoms with Gasteiger partial charge in [0.25, 0.3) is 0 Å². The first-order chi connectivity index (χ1) is 11.2. The lowest BCUT2D eigenvalue weighted by molar-refractivity contribution is -0.124. The van der Waals surface area contributed by atoms with E-state index in [0.29, 0.717) is 25.4 Å². The fraction of sp³-hybridized carbons (Fsp3) is 0.467. The highest BCUT2D eigenvalue weighted by Crippen LogP contribution is 2.17. The minimum absolute atomic E-state index is 0.0865. The number of aromatic nitrogens is 4. The molecular formula is C15H19N5O3. The van der Waals surface area contributed by atoms with Crippen LogP contribution in [0.3, 0.4) is 0 Å². The summed E-state index contributed by atoms with van der Waals surface area (Å²) in [5.41, 5.74) is 0.925. The van der Waals surface area contributed by atoms with E-state index in [2.05, 4.69) is 20.5 Å². The number of rotatable bonds is 5. The molecule has 2 atom stereocenters. The van der Waals surface area contributed by atoms with Gasteiger partial charge in [-0.1, -0.05) is 0 Å². The van der Waals surface area contributed by atoms with E-state index in [-0.39, 0.29) is 24.6 Å². The third-order valence-electron chi connectivity index (χ3n) is 3.57. The molecular weight excluding hydrogens is 298 g/mol. The van der Waals surface area contributed by atoms with Gasteiger partial charge in [-0.25, -0.2) is 0 Å². The van der Waals surface area contributed by atoms with Crippen molar-refractivity contribution in [2.24, 2.45) is 0 Å². The van der Waals surface area contributed by atoms with Crippen LogP contribution in [0.15, 0.2) is 30.7 Å². The highest BCUT2D eigenvalue weighted by atomic mass is 16.5. The molecule has 1 fully saturated rings. The predicted octanol–water partition coefficient (Wildman–Crippen LogP) is 0.334. The Bertz CT molecular complexity index is 629. The zero-order valence-corrected chi connectivity index (χ0v) is 12.9. The molecule has 122 valence electrons. The summed E-state index contributed by atoms with van der Waals surface area (Å²) in [5, 5.41) is 10.8. The Hall–Kier alpha value is -2.48. The molecule has 0 saturated carbocycles. The first-order valence-electron chi connectivity index (χ1n) is 7.51. The minimum atomic E-state index is -0.247. The van der Waals surface area contributed by atoms with Crippen molar-refractivity contribution in [2.75, 3.05) is 13.2 Å². The summed E-state index contributed by atoms with van der Waals surface area (Å²) >= 11 is 0. The van der Waals surface area contributed by atoms with Gasteiger partial charge in [-0.15, -0.1) is 0 Å². The number of carbonyl (C=O) groups excluding carboxylic acids is 1. The Labute approximate surface area is 133 Å². The van der Waals surface area contributed by atoms with Crippen LogP contribution in [-0.2, 0) is 16.1 Å². The number of amides is 1. The largest absolute Gasteiger partial charge is 0.484 e. The van der Waals surface area contributed by atoms with E-state index in [9.17, 15) is 4.79 Å². The molecule has 0 aliphatic carbocycles. The van der Waals surface area contributed by atoms with E-state index in [1.54, 1.807) is 6.20 Å². The van der Waals surface area contributed by atoms with Crippen LogP contribution < -0.4 is 10.1 Å². The Balaban J connectivity index is 1.59. The van der Waals surface area contributed by atoms with Gasteiger partial charge in [-0.3, -0.25) is 9.78 Å². The van der Waals surface area contributed by atoms with Crippen LogP contribution in [0, 0.1) is 6.92 Å². The van der Waals surface area contributed by atoms with Crippen molar-refractivity contribution >= 4 is 5.91 Å². The molecule has 0 bridgehead atoms. The third-order valence-corrected chi connectivity index (χ3v) is 3.57. The molecule has 0 aromatic carbocycles. The van der Waals surface area contributed by atoms with E-state index in [0.717, 1.165) is 5.69 Å². The van der Waals surface area contributed by atoms with Crippen molar-refractivity contribution in [1.29, 1.82) is 0 Å². The lowest BCUT2D eigenvalue weighted by Crippen LogP contribution is -2.52. The number of carbonyl (C=O) groups is 1. The predicted molar refractivity (Wildman–Crippen MR) is 80.8 cm³/mol. The normalized spacial score (nSPS) is 20.9. The average Bonchev–Trinajstić information content (AvgIpc) is 3.04. The van der Waals surface area contributed by atoms with E-state index in [1.165, 1.54) is 17.2 Å². The number of nitrogens with zero attached hydrogens (tertiary/aromatic N) is 4. The minimum Gasteiger partial charge on any atom is -0.484 e. The van der Waals surface area contributed by atoms with Gasteiger partial charge < -0.3 is 14.8 Å². The molecule has 3 heterocycles. The summed E-state index contributed by atoms with van der Waals surface area (Å²) in [6, 6.07) is 3.63. The molecule has 1 saturated heterocycles. The Morgan fingerprint density at radius 3 is 3.00 bits per heavy atom. The molecule has 1 aliphatic rings. The van der Waals surface area contributed by atoms with Gasteiger partial charge in [-0.2, -0.15) is 15.0 Å². The van der Waals surface area contributed by atoms with Crippen molar-refractivity contribution < 1.29 is 14.3 Å². The summed E-state index contributed by atoms with van der Waals surface area (Å²) < 4.78 is 11.4. The van der Waals surface area contributed by atoms with Gasteiger partial charge in [0.15, 0.2) is 0 Å². The van der Waals surface area contributed by atoms with Crippen molar-refractivity contribution in [3.63, 3.8) is 0 Å². The van der Waals surface area contributed by atoms with Crippen molar-refractivity contribution in [2.45, 2.75) is 32.0 Å². The number of nitrogens with one attached hydrogen (secondary N) is 1. The second kappa shape index (κ2) is 7.19. The van der Waals surface area contributed by atoms with Gasteiger partial charge in [0, 0.05) is 12.3 Å². The number of hydrogen-bond acceptors (Lipinski definition) is 6. The second-order valence-corrected chi connectivity index (χ2v) is 5.39. The monoisotopic (exact) mass is 317 g/mol. The standard InChI is InChI=1S/C15H19N5O3/c1-11-2-3-12(8-16-11)23-14-10-22-7-4-13(14)19-15(21)9-20-17-5-6-18-20/h2-3,5-6,8,13-14H,4,7,9-10H2,1H3,(H,19,21)/t13-,14+/m1/s1. The zero-order chi connectivity index (χ0) is 16.1. The fourth-order valence-electron chi connectivity index (χ4n) is 2.40. The van der Waals surface area contributed by atoms with Gasteiger partial charge >= 0.3 is 0 Å². The Kier molecular flexibility index (Phi) is 4.82. The molecule has 0 spiro atoms. The topological polar surface area (TPSA) is 91.2 Å². The molecule has 1 aliphatic heterocycles. The van der Waals surface area contributed by atoms with Crippen LogP contribution in [0.25, 0.3) is 0 Å². The van der Waals surface area contributed by atoms with Crippen LogP contribution in [-0.4, -0.2) is 51.2 Å². The lowest BCUT2D eigenvalue weighted by atomic mass is 10.1. The maximum Gasteiger partial charge on any atom is 0.243 e. The van der Waals surface area contributed by atoms with E-state index >= 15 is 0 Å². The van der Waals surface area contributed by atoms with E-state index in [4.69, 9.17) is 9.47 Å². The van der Waals surface area contributed by atoms with E-state index in [1.807, 2.05) is 19.1 Å². The van der Waals surface area contributed by atoms with E-state index < -0.39 is 0 Å². The maximum absolute atomic E-state index is 12.1. The number of hydrogen-bond donors (Lipinski definition) is 1. The zero-order valence-electron chi connectivity index (χ0n) is 12.9. The summed E-state index contributed by atoms with van der Waals surface area (Å²) in [7, 11) is 0. The van der Waals surface area contributed by atoms with Gasteiger partial charge in [-0.05, 0) is 25.5 Å². The van der Waals surface area contributed by atoms with Crippen molar-refractivity contribution in [3.05, 3.63) is 36.4 Å². The highest BCUT2D eigenvalue weighted by Gasteiger charge is 2.29. The fourth-order valence-corrected chi connectivity index (χ4v) is 2.40. The van der Waals surface area contributed by atoms with Gasteiger partial charge in [0.2, 0.25) is 5.91 Å². The molecule has 3 rings (SSSR count). The average molecular weight is 317 g/mol. The molecule has 23 heavy (non-hydrogen) atoms. The van der Waals surface area contributed by atoms with Crippen LogP contribution >= 0.6 is 0 Å². The van der Waals surface area contributed by atoms with Crippen molar-refractivity contribution in [3.8, 4) is 5.75 Å². The van der Waals surface area contributed by atoms with Crippen LogP contribution in [0.4, 0.5) is 0 Å². The first kappa shape index (κ1) is 15.4. The highest BCUT2D eigenvalue weighted by molar-refractivity contribution is 5.75. The Morgan fingerprint density at radius 2 is 2.26 bits per heavy atom. The molecule has 2 aromatic heterocycles. The van der Waals surface area contributed by atoms with Gasteiger partial charge in [0.1, 0.15) is 18.4 Å². The molecule has 0 radical (unpaired) electrons. The second-order valence-electron chi connectivity index (χ2n) is 5.39. The summed E-state index contributed by atoms with van der Waals surface area (Å²) in [4.78, 5) is 17.6. The Morgan fingerprint density at radius 1 is 1.43 bits per heavy atom. The molecule has 8 heteroatoms. The lowest BCUT2D eigenvalue weighted by Gasteiger charge is -2.32. The molecule has 2 aromatic rings.